The van der Waals surface area contributed by atoms with Crippen molar-refractivity contribution >= 4 is 39.1 Å². The van der Waals surface area contributed by atoms with Gasteiger partial charge < -0.3 is 15.0 Å². The van der Waals surface area contributed by atoms with Gasteiger partial charge >= 0.3 is 0 Å². The van der Waals surface area contributed by atoms with E-state index < -0.39 is 16.1 Å². The molecule has 2 aromatic carbocycles. The van der Waals surface area contributed by atoms with Gasteiger partial charge in [0, 0.05) is 31.1 Å². The molecule has 35 heavy (non-hydrogen) atoms. The molecule has 0 aromatic heterocycles. The minimum Gasteiger partial charge on any atom is -0.497 e. The van der Waals surface area contributed by atoms with Gasteiger partial charge in [0.05, 0.1) is 19.1 Å². The fraction of sp³-hybridized carbons (Fsp3) is 0.440. The van der Waals surface area contributed by atoms with Crippen molar-refractivity contribution in [3.05, 3.63) is 59.1 Å². The fourth-order valence-corrected chi connectivity index (χ4v) is 4.93. The molecule has 0 heterocycles. The maximum absolute atomic E-state index is 13.3. The van der Waals surface area contributed by atoms with Gasteiger partial charge in [-0.05, 0) is 55.7 Å². The number of nitrogens with zero attached hydrogens (tertiary/aromatic N) is 2. The summed E-state index contributed by atoms with van der Waals surface area (Å²) in [5.74, 6) is 0.140. The van der Waals surface area contributed by atoms with Gasteiger partial charge in [-0.15, -0.1) is 0 Å². The Labute approximate surface area is 213 Å². The van der Waals surface area contributed by atoms with E-state index in [1.165, 1.54) is 16.3 Å². The number of hydrogen-bond acceptors (Lipinski definition) is 5. The zero-order chi connectivity index (χ0) is 26.0. The minimum absolute atomic E-state index is 0.0720. The number of carbonyl (C=O) groups is 2. The van der Waals surface area contributed by atoms with Crippen LogP contribution in [0.3, 0.4) is 0 Å². The lowest BCUT2D eigenvalue weighted by molar-refractivity contribution is -0.141. The van der Waals surface area contributed by atoms with Crippen LogP contribution in [0.5, 0.6) is 5.75 Å². The van der Waals surface area contributed by atoms with E-state index in [-0.39, 0.29) is 37.7 Å². The maximum Gasteiger partial charge on any atom is 0.242 e. The lowest BCUT2D eigenvalue weighted by Gasteiger charge is -2.31. The standard InChI is InChI=1S/C25H34ClN3O5S/c1-5-23(25(31)27-6-2)28(18-19-10-7-8-11-22(19)26)24(30)12-9-17-29(35(4,32)33)20-13-15-21(34-3)16-14-20/h7-8,10-11,13-16,23H,5-6,9,12,17-18H2,1-4H3,(H,27,31)/t23-/m0/s1. The summed E-state index contributed by atoms with van der Waals surface area (Å²) >= 11 is 6.33. The monoisotopic (exact) mass is 523 g/mol. The lowest BCUT2D eigenvalue weighted by Crippen LogP contribution is -2.49. The fourth-order valence-electron chi connectivity index (χ4n) is 3.77. The third kappa shape index (κ3) is 8.14. The van der Waals surface area contributed by atoms with E-state index in [0.29, 0.717) is 29.4 Å². The number of benzene rings is 2. The summed E-state index contributed by atoms with van der Waals surface area (Å²) in [6.07, 6.45) is 1.92. The Kier molecular flexibility index (Phi) is 10.9. The second-order valence-electron chi connectivity index (χ2n) is 8.07. The number of halogens is 1. The van der Waals surface area contributed by atoms with Crippen LogP contribution >= 0.6 is 11.6 Å². The third-order valence-corrected chi connectivity index (χ3v) is 7.11. The largest absolute Gasteiger partial charge is 0.497 e. The second kappa shape index (κ2) is 13.3. The average Bonchev–Trinajstić information content (AvgIpc) is 2.82. The van der Waals surface area contributed by atoms with Gasteiger partial charge in [0.1, 0.15) is 11.8 Å². The Morgan fingerprint density at radius 2 is 1.74 bits per heavy atom. The Morgan fingerprint density at radius 3 is 2.29 bits per heavy atom. The first kappa shape index (κ1) is 28.5. The molecule has 0 unspecified atom stereocenters. The first-order valence-corrected chi connectivity index (χ1v) is 13.8. The summed E-state index contributed by atoms with van der Waals surface area (Å²) in [5.41, 5.74) is 1.23. The molecule has 0 aliphatic rings. The van der Waals surface area contributed by atoms with Crippen molar-refractivity contribution in [1.82, 2.24) is 10.2 Å². The molecular weight excluding hydrogens is 490 g/mol. The number of anilines is 1. The number of carbonyl (C=O) groups excluding carboxylic acids is 2. The van der Waals surface area contributed by atoms with Gasteiger partial charge in [0.15, 0.2) is 0 Å². The van der Waals surface area contributed by atoms with Gasteiger partial charge in [-0.25, -0.2) is 8.42 Å². The summed E-state index contributed by atoms with van der Waals surface area (Å²) in [6.45, 7) is 4.43. The molecule has 0 aliphatic carbocycles. The molecule has 0 spiro atoms. The number of rotatable bonds is 13. The van der Waals surface area contributed by atoms with Crippen LogP contribution in [0.4, 0.5) is 5.69 Å². The van der Waals surface area contributed by atoms with E-state index >= 15 is 0 Å². The predicted molar refractivity (Wildman–Crippen MR) is 139 cm³/mol. The molecule has 10 heteroatoms. The number of nitrogens with one attached hydrogen (secondary N) is 1. The van der Waals surface area contributed by atoms with E-state index in [2.05, 4.69) is 5.32 Å². The smallest absolute Gasteiger partial charge is 0.242 e. The molecule has 0 saturated carbocycles. The third-order valence-electron chi connectivity index (χ3n) is 5.55. The van der Waals surface area contributed by atoms with Crippen molar-refractivity contribution in [2.75, 3.05) is 30.8 Å². The summed E-state index contributed by atoms with van der Waals surface area (Å²) in [5, 5.41) is 3.31. The molecule has 0 saturated heterocycles. The Morgan fingerprint density at radius 1 is 1.09 bits per heavy atom. The Balaban J connectivity index is 2.20. The predicted octanol–water partition coefficient (Wildman–Crippen LogP) is 3.84. The van der Waals surface area contributed by atoms with Crippen LogP contribution in [0.25, 0.3) is 0 Å². The first-order valence-electron chi connectivity index (χ1n) is 11.5. The normalized spacial score (nSPS) is 12.0. The molecule has 0 aliphatic heterocycles. The quantitative estimate of drug-likeness (QED) is 0.430. The average molecular weight is 524 g/mol. The molecule has 2 amide bonds. The van der Waals surface area contributed by atoms with Gasteiger partial charge in [0.2, 0.25) is 21.8 Å². The number of likely N-dealkylation sites (N-methyl/N-ethyl adjacent to an activating group) is 1. The second-order valence-corrected chi connectivity index (χ2v) is 10.4. The summed E-state index contributed by atoms with van der Waals surface area (Å²) < 4.78 is 31.2. The number of hydrogen-bond donors (Lipinski definition) is 1. The Bertz CT molecular complexity index is 1090. The van der Waals surface area contributed by atoms with Crippen LogP contribution in [0.2, 0.25) is 5.02 Å². The lowest BCUT2D eigenvalue weighted by atomic mass is 10.1. The molecule has 0 bridgehead atoms. The number of methoxy groups -OCH3 is 1. The van der Waals surface area contributed by atoms with Crippen LogP contribution in [0, 0.1) is 0 Å². The summed E-state index contributed by atoms with van der Waals surface area (Å²) in [6, 6.07) is 13.2. The molecular formula is C25H34ClN3O5S. The van der Waals surface area contributed by atoms with E-state index in [4.69, 9.17) is 16.3 Å². The van der Waals surface area contributed by atoms with Crippen LogP contribution in [-0.4, -0.2) is 57.6 Å². The molecule has 2 rings (SSSR count). The SMILES string of the molecule is CCNC(=O)[C@H](CC)N(Cc1ccccc1Cl)C(=O)CCCN(c1ccc(OC)cc1)S(C)(=O)=O. The van der Waals surface area contributed by atoms with Crippen molar-refractivity contribution < 1.29 is 22.7 Å². The highest BCUT2D eigenvalue weighted by Gasteiger charge is 2.29. The van der Waals surface area contributed by atoms with Crippen LogP contribution in [-0.2, 0) is 26.2 Å². The summed E-state index contributed by atoms with van der Waals surface area (Å²) in [7, 11) is -2.03. The molecule has 1 atom stereocenters. The summed E-state index contributed by atoms with van der Waals surface area (Å²) in [4.78, 5) is 27.6. The minimum atomic E-state index is -3.57. The van der Waals surface area contributed by atoms with Gasteiger partial charge in [-0.3, -0.25) is 13.9 Å². The van der Waals surface area contributed by atoms with Gasteiger partial charge in [-0.1, -0.05) is 36.7 Å². The molecule has 0 fully saturated rings. The van der Waals surface area contributed by atoms with Crippen LogP contribution < -0.4 is 14.4 Å². The zero-order valence-corrected chi connectivity index (χ0v) is 22.2. The molecule has 8 nitrogen and oxygen atoms in total. The van der Waals surface area contributed by atoms with Crippen LogP contribution in [0.15, 0.2) is 48.5 Å². The molecule has 2 aromatic rings. The van der Waals surface area contributed by atoms with Gasteiger partial charge in [-0.2, -0.15) is 0 Å². The van der Waals surface area contributed by atoms with Crippen molar-refractivity contribution in [3.63, 3.8) is 0 Å². The Hall–Kier alpha value is -2.78. The van der Waals surface area contributed by atoms with E-state index in [1.807, 2.05) is 26.0 Å². The van der Waals surface area contributed by atoms with Crippen molar-refractivity contribution in [1.29, 1.82) is 0 Å². The number of sulfonamides is 1. The maximum atomic E-state index is 13.3. The molecule has 192 valence electrons. The van der Waals surface area contributed by atoms with E-state index in [1.54, 1.807) is 36.4 Å². The van der Waals surface area contributed by atoms with Crippen molar-refractivity contribution in [3.8, 4) is 5.75 Å². The topological polar surface area (TPSA) is 96.0 Å². The van der Waals surface area contributed by atoms with Crippen LogP contribution in [0.1, 0.15) is 38.7 Å². The molecule has 0 radical (unpaired) electrons. The zero-order valence-electron chi connectivity index (χ0n) is 20.7. The first-order chi connectivity index (χ1) is 16.6. The highest BCUT2D eigenvalue weighted by atomic mass is 35.5. The number of amides is 2. The number of ether oxygens (including phenoxy) is 1. The van der Waals surface area contributed by atoms with Gasteiger partial charge in [0.25, 0.3) is 0 Å². The molecule has 1 N–H and O–H groups in total. The van der Waals surface area contributed by atoms with E-state index in [9.17, 15) is 18.0 Å². The highest BCUT2D eigenvalue weighted by Crippen LogP contribution is 2.23. The van der Waals surface area contributed by atoms with E-state index in [0.717, 1.165) is 11.8 Å². The highest BCUT2D eigenvalue weighted by molar-refractivity contribution is 7.92. The van der Waals surface area contributed by atoms with Crippen molar-refractivity contribution in [2.45, 2.75) is 45.7 Å². The van der Waals surface area contributed by atoms with Crippen molar-refractivity contribution in [2.24, 2.45) is 0 Å².